The van der Waals surface area contributed by atoms with Crippen LogP contribution >= 0.6 is 11.8 Å². The van der Waals surface area contributed by atoms with Crippen LogP contribution in [0.5, 0.6) is 0 Å². The highest BCUT2D eigenvalue weighted by Crippen LogP contribution is 2.25. The predicted octanol–water partition coefficient (Wildman–Crippen LogP) is 1.07. The van der Waals surface area contributed by atoms with Gasteiger partial charge in [-0.1, -0.05) is 0 Å². The van der Waals surface area contributed by atoms with E-state index < -0.39 is 0 Å². The highest BCUT2D eigenvalue weighted by atomic mass is 32.2. The standard InChI is InChI=1S/C9H15N3OS/c1-12(8-2-3-14-6-8)9-11-7(4-10)5-13-9/h5,8H,2-4,6,10H2,1H3. The second-order valence-corrected chi connectivity index (χ2v) is 4.60. The molecule has 2 rings (SSSR count). The van der Waals surface area contributed by atoms with Gasteiger partial charge < -0.3 is 15.1 Å². The van der Waals surface area contributed by atoms with Crippen LogP contribution < -0.4 is 10.6 Å². The molecule has 0 aromatic carbocycles. The van der Waals surface area contributed by atoms with Crippen LogP contribution in [0, 0.1) is 0 Å². The second kappa shape index (κ2) is 4.23. The number of thioether (sulfide) groups is 1. The van der Waals surface area contributed by atoms with E-state index in [0.717, 1.165) is 11.4 Å². The summed E-state index contributed by atoms with van der Waals surface area (Å²) in [7, 11) is 2.03. The molecule has 0 bridgehead atoms. The molecule has 0 amide bonds. The van der Waals surface area contributed by atoms with Crippen molar-refractivity contribution < 1.29 is 4.42 Å². The van der Waals surface area contributed by atoms with E-state index in [2.05, 4.69) is 9.88 Å². The normalized spacial score (nSPS) is 21.4. The van der Waals surface area contributed by atoms with Crippen molar-refractivity contribution in [2.45, 2.75) is 19.0 Å². The summed E-state index contributed by atoms with van der Waals surface area (Å²) in [6.07, 6.45) is 2.84. The summed E-state index contributed by atoms with van der Waals surface area (Å²) >= 11 is 1.98. The van der Waals surface area contributed by atoms with Gasteiger partial charge >= 0.3 is 0 Å². The van der Waals surface area contributed by atoms with E-state index in [1.807, 2.05) is 18.8 Å². The fourth-order valence-corrected chi connectivity index (χ4v) is 2.80. The molecule has 2 N–H and O–H groups in total. The molecule has 1 aromatic rings. The molecule has 1 aliphatic rings. The third-order valence-corrected chi connectivity index (χ3v) is 3.65. The molecule has 1 aromatic heterocycles. The molecule has 5 heteroatoms. The molecular formula is C9H15N3OS. The number of nitrogens with two attached hydrogens (primary N) is 1. The summed E-state index contributed by atoms with van der Waals surface area (Å²) in [6.45, 7) is 0.441. The third-order valence-electron chi connectivity index (χ3n) is 2.50. The molecule has 1 aliphatic heterocycles. The fraction of sp³-hybridized carbons (Fsp3) is 0.667. The molecule has 1 atom stereocenters. The molecular weight excluding hydrogens is 198 g/mol. The van der Waals surface area contributed by atoms with Gasteiger partial charge in [-0.25, -0.2) is 0 Å². The molecule has 1 saturated heterocycles. The number of hydrogen-bond donors (Lipinski definition) is 1. The minimum Gasteiger partial charge on any atom is -0.432 e. The van der Waals surface area contributed by atoms with Gasteiger partial charge in [-0.3, -0.25) is 0 Å². The van der Waals surface area contributed by atoms with Crippen molar-refractivity contribution in [3.63, 3.8) is 0 Å². The summed E-state index contributed by atoms with van der Waals surface area (Å²) in [5.41, 5.74) is 6.29. The van der Waals surface area contributed by atoms with Gasteiger partial charge in [0.25, 0.3) is 6.01 Å². The lowest BCUT2D eigenvalue weighted by Gasteiger charge is -2.21. The Kier molecular flexibility index (Phi) is 2.98. The van der Waals surface area contributed by atoms with Crippen molar-refractivity contribution in [3.05, 3.63) is 12.0 Å². The van der Waals surface area contributed by atoms with Crippen molar-refractivity contribution in [2.75, 3.05) is 23.5 Å². The number of nitrogens with zero attached hydrogens (tertiary/aromatic N) is 2. The van der Waals surface area contributed by atoms with E-state index >= 15 is 0 Å². The Balaban J connectivity index is 2.05. The maximum Gasteiger partial charge on any atom is 0.297 e. The van der Waals surface area contributed by atoms with Gasteiger partial charge in [-0.05, 0) is 12.2 Å². The van der Waals surface area contributed by atoms with Crippen LogP contribution in [0.4, 0.5) is 6.01 Å². The Morgan fingerprint density at radius 1 is 1.79 bits per heavy atom. The highest BCUT2D eigenvalue weighted by Gasteiger charge is 2.23. The van der Waals surface area contributed by atoms with Gasteiger partial charge in [0.05, 0.1) is 5.69 Å². The molecule has 1 fully saturated rings. The maximum absolute atomic E-state index is 5.47. The Hall–Kier alpha value is -0.680. The van der Waals surface area contributed by atoms with Crippen LogP contribution in [0.15, 0.2) is 10.7 Å². The van der Waals surface area contributed by atoms with Gasteiger partial charge in [0.1, 0.15) is 6.26 Å². The first-order valence-electron chi connectivity index (χ1n) is 4.76. The van der Waals surface area contributed by atoms with Crippen molar-refractivity contribution in [1.82, 2.24) is 4.98 Å². The van der Waals surface area contributed by atoms with Crippen LogP contribution in [0.1, 0.15) is 12.1 Å². The average molecular weight is 213 g/mol. The minimum absolute atomic E-state index is 0.441. The second-order valence-electron chi connectivity index (χ2n) is 3.45. The van der Waals surface area contributed by atoms with Crippen LogP contribution in [-0.4, -0.2) is 29.6 Å². The summed E-state index contributed by atoms with van der Waals surface area (Å²) in [4.78, 5) is 6.41. The molecule has 0 aliphatic carbocycles. The summed E-state index contributed by atoms with van der Waals surface area (Å²) in [5, 5.41) is 0. The summed E-state index contributed by atoms with van der Waals surface area (Å²) in [5.74, 6) is 2.40. The summed E-state index contributed by atoms with van der Waals surface area (Å²) < 4.78 is 5.36. The van der Waals surface area contributed by atoms with Gasteiger partial charge in [-0.15, -0.1) is 0 Å². The lowest BCUT2D eigenvalue weighted by atomic mass is 10.2. The van der Waals surface area contributed by atoms with E-state index in [-0.39, 0.29) is 0 Å². The maximum atomic E-state index is 5.47. The van der Waals surface area contributed by atoms with E-state index in [4.69, 9.17) is 10.2 Å². The van der Waals surface area contributed by atoms with E-state index in [1.165, 1.54) is 12.2 Å². The van der Waals surface area contributed by atoms with Crippen molar-refractivity contribution >= 4 is 17.8 Å². The van der Waals surface area contributed by atoms with Crippen LogP contribution in [0.2, 0.25) is 0 Å². The first-order valence-corrected chi connectivity index (χ1v) is 5.92. The monoisotopic (exact) mass is 213 g/mol. The molecule has 14 heavy (non-hydrogen) atoms. The van der Waals surface area contributed by atoms with Crippen LogP contribution in [0.25, 0.3) is 0 Å². The highest BCUT2D eigenvalue weighted by molar-refractivity contribution is 7.99. The topological polar surface area (TPSA) is 55.3 Å². The number of anilines is 1. The molecule has 78 valence electrons. The molecule has 1 unspecified atom stereocenters. The summed E-state index contributed by atoms with van der Waals surface area (Å²) in [6, 6.07) is 1.25. The molecule has 0 spiro atoms. The smallest absolute Gasteiger partial charge is 0.297 e. The Morgan fingerprint density at radius 2 is 2.64 bits per heavy atom. The van der Waals surface area contributed by atoms with Gasteiger partial charge in [-0.2, -0.15) is 16.7 Å². The zero-order chi connectivity index (χ0) is 9.97. The largest absolute Gasteiger partial charge is 0.432 e. The zero-order valence-corrected chi connectivity index (χ0v) is 9.09. The van der Waals surface area contributed by atoms with Gasteiger partial charge in [0.2, 0.25) is 0 Å². The first-order chi connectivity index (χ1) is 6.81. The fourth-order valence-electron chi connectivity index (χ4n) is 1.54. The van der Waals surface area contributed by atoms with Crippen molar-refractivity contribution in [3.8, 4) is 0 Å². The average Bonchev–Trinajstić information content (AvgIpc) is 2.88. The van der Waals surface area contributed by atoms with Gasteiger partial charge in [0, 0.05) is 25.4 Å². The SMILES string of the molecule is CN(c1nc(CN)co1)C1CCSC1. The van der Waals surface area contributed by atoms with E-state index in [9.17, 15) is 0 Å². The quantitative estimate of drug-likeness (QED) is 0.814. The van der Waals surface area contributed by atoms with Gasteiger partial charge in [0.15, 0.2) is 0 Å². The van der Waals surface area contributed by atoms with E-state index in [1.54, 1.807) is 6.26 Å². The Labute approximate surface area is 87.9 Å². The molecule has 0 radical (unpaired) electrons. The third kappa shape index (κ3) is 1.88. The van der Waals surface area contributed by atoms with E-state index in [0.29, 0.717) is 18.6 Å². The Morgan fingerprint density at radius 3 is 3.21 bits per heavy atom. The minimum atomic E-state index is 0.441. The number of hydrogen-bond acceptors (Lipinski definition) is 5. The van der Waals surface area contributed by atoms with Crippen molar-refractivity contribution in [2.24, 2.45) is 5.73 Å². The number of oxazole rings is 1. The number of rotatable bonds is 3. The first kappa shape index (κ1) is 9.86. The Bertz CT molecular complexity index is 296. The number of aromatic nitrogens is 1. The van der Waals surface area contributed by atoms with Crippen LogP contribution in [-0.2, 0) is 6.54 Å². The van der Waals surface area contributed by atoms with Crippen LogP contribution in [0.3, 0.4) is 0 Å². The zero-order valence-electron chi connectivity index (χ0n) is 8.27. The molecule has 0 saturated carbocycles. The van der Waals surface area contributed by atoms with Crippen molar-refractivity contribution in [1.29, 1.82) is 0 Å². The molecule has 4 nitrogen and oxygen atoms in total. The predicted molar refractivity (Wildman–Crippen MR) is 58.5 cm³/mol. The molecule has 2 heterocycles. The lowest BCUT2D eigenvalue weighted by molar-refractivity contribution is 0.522. The lowest BCUT2D eigenvalue weighted by Crippen LogP contribution is -2.31.